The highest BCUT2D eigenvalue weighted by Crippen LogP contribution is 2.38. The van der Waals surface area contributed by atoms with E-state index in [1.165, 1.54) is 0 Å². The number of para-hydroxylation sites is 2. The molecule has 0 saturated heterocycles. The number of rotatable bonds is 4. The molecule has 0 unspecified atom stereocenters. The average molecular weight is 278 g/mol. The number of hydrogen-bond donors (Lipinski definition) is 0. The van der Waals surface area contributed by atoms with Crippen molar-refractivity contribution in [2.45, 2.75) is 5.92 Å². The van der Waals surface area contributed by atoms with E-state index in [9.17, 15) is 4.57 Å². The lowest BCUT2D eigenvalue weighted by Crippen LogP contribution is -2.03. The molecule has 0 atom stereocenters. The van der Waals surface area contributed by atoms with Crippen molar-refractivity contribution in [1.29, 1.82) is 0 Å². The second kappa shape index (κ2) is 6.62. The molecule has 3 nitrogen and oxygen atoms in total. The van der Waals surface area contributed by atoms with Gasteiger partial charge in [-0.25, -0.2) is 9.69 Å². The Morgan fingerprint density at radius 2 is 1.35 bits per heavy atom. The van der Waals surface area contributed by atoms with Gasteiger partial charge in [0.15, 0.2) is 19.8 Å². The highest BCUT2D eigenvalue weighted by Gasteiger charge is 2.19. The van der Waals surface area contributed by atoms with Crippen LogP contribution in [0.2, 0.25) is 0 Å². The molecule has 0 radical (unpaired) electrons. The molecule has 0 spiro atoms. The Morgan fingerprint density at radius 1 is 0.900 bits per heavy atom. The van der Waals surface area contributed by atoms with Crippen LogP contribution in [0.1, 0.15) is 17.0 Å². The van der Waals surface area contributed by atoms with Crippen molar-refractivity contribution in [1.82, 2.24) is 0 Å². The van der Waals surface area contributed by atoms with E-state index in [1.54, 1.807) is 12.1 Å². The molecule has 0 bridgehead atoms. The first kappa shape index (κ1) is 13.9. The zero-order chi connectivity index (χ0) is 14.4. The molecule has 0 aliphatic rings. The van der Waals surface area contributed by atoms with Gasteiger partial charge in [-0.3, -0.25) is 4.57 Å². The lowest BCUT2D eigenvalue weighted by Gasteiger charge is -2.18. The third kappa shape index (κ3) is 2.75. The Labute approximate surface area is 119 Å². The summed E-state index contributed by atoms with van der Waals surface area (Å²) in [5.41, 5.74) is 2.73. The van der Waals surface area contributed by atoms with E-state index in [2.05, 4.69) is 9.69 Å². The largest absolute Gasteiger partial charge is 0.275 e. The minimum Gasteiger partial charge on any atom is -0.275 e. The second-order valence-corrected chi connectivity index (χ2v) is 4.83. The van der Waals surface area contributed by atoms with Crippen LogP contribution in [0.15, 0.2) is 48.5 Å². The van der Waals surface area contributed by atoms with Crippen molar-refractivity contribution >= 4 is 19.8 Å². The zero-order valence-corrected chi connectivity index (χ0v) is 11.5. The number of benzene rings is 2. The standard InChI is InChI=1S/C16H11N2OP/c1-17-15-9-5-3-7-12(15)14(11-20-19)13-8-4-6-10-16(13)18-2/h3-10,14H,11H2. The molecule has 0 saturated carbocycles. The van der Waals surface area contributed by atoms with Gasteiger partial charge in [-0.1, -0.05) is 48.5 Å². The molecule has 0 aliphatic carbocycles. The van der Waals surface area contributed by atoms with Crippen LogP contribution in [0.4, 0.5) is 11.4 Å². The Bertz CT molecular complexity index is 655. The SMILES string of the molecule is [C-]#[N+]c1ccccc1C(CP=O)c1ccccc1[N+]#[C-]. The van der Waals surface area contributed by atoms with E-state index in [0.717, 1.165) is 11.1 Å². The Morgan fingerprint density at radius 3 is 1.75 bits per heavy atom. The van der Waals surface area contributed by atoms with Crippen molar-refractivity contribution in [2.24, 2.45) is 0 Å². The van der Waals surface area contributed by atoms with E-state index in [-0.39, 0.29) is 14.4 Å². The summed E-state index contributed by atoms with van der Waals surface area (Å²) in [4.78, 5) is 7.04. The van der Waals surface area contributed by atoms with E-state index >= 15 is 0 Å². The van der Waals surface area contributed by atoms with Gasteiger partial charge in [-0.2, -0.15) is 0 Å². The summed E-state index contributed by atoms with van der Waals surface area (Å²) >= 11 is 0. The van der Waals surface area contributed by atoms with Crippen molar-refractivity contribution in [3.8, 4) is 0 Å². The molecular formula is C16H11N2OP. The van der Waals surface area contributed by atoms with E-state index in [0.29, 0.717) is 17.5 Å². The molecule has 0 aromatic heterocycles. The van der Waals surface area contributed by atoms with Crippen LogP contribution >= 0.6 is 8.46 Å². The van der Waals surface area contributed by atoms with Crippen LogP contribution in [0.3, 0.4) is 0 Å². The first-order valence-electron chi connectivity index (χ1n) is 6.03. The summed E-state index contributed by atoms with van der Waals surface area (Å²) in [6.45, 7) is 14.5. The summed E-state index contributed by atoms with van der Waals surface area (Å²) in [5.74, 6) is -0.204. The molecule has 96 valence electrons. The van der Waals surface area contributed by atoms with Crippen LogP contribution in [0.25, 0.3) is 9.69 Å². The van der Waals surface area contributed by atoms with Crippen LogP contribution in [-0.4, -0.2) is 6.16 Å². The molecule has 2 aromatic carbocycles. The molecule has 0 amide bonds. The van der Waals surface area contributed by atoms with Crippen molar-refractivity contribution < 1.29 is 4.57 Å². The van der Waals surface area contributed by atoms with Crippen LogP contribution in [0.5, 0.6) is 0 Å². The summed E-state index contributed by atoms with van der Waals surface area (Å²) in [7, 11) is 0.00547. The molecule has 0 fully saturated rings. The van der Waals surface area contributed by atoms with Gasteiger partial charge in [0.05, 0.1) is 13.1 Å². The van der Waals surface area contributed by atoms with Crippen LogP contribution < -0.4 is 0 Å². The Hall–Kier alpha value is -2.48. The minimum atomic E-state index is -0.204. The molecule has 20 heavy (non-hydrogen) atoms. The van der Waals surface area contributed by atoms with Crippen molar-refractivity contribution in [3.05, 3.63) is 82.5 Å². The monoisotopic (exact) mass is 278 g/mol. The minimum absolute atomic E-state index is 0.00547. The van der Waals surface area contributed by atoms with Gasteiger partial charge < -0.3 is 0 Å². The fourth-order valence-corrected chi connectivity index (χ4v) is 2.75. The molecule has 2 aromatic rings. The predicted octanol–water partition coefficient (Wildman–Crippen LogP) is 5.21. The maximum absolute atomic E-state index is 11.1. The molecular weight excluding hydrogens is 267 g/mol. The third-order valence-corrected chi connectivity index (χ3v) is 3.64. The molecule has 2 rings (SSSR count). The van der Waals surface area contributed by atoms with E-state index in [1.807, 2.05) is 36.4 Å². The van der Waals surface area contributed by atoms with E-state index < -0.39 is 0 Å². The van der Waals surface area contributed by atoms with E-state index in [4.69, 9.17) is 13.1 Å². The van der Waals surface area contributed by atoms with Gasteiger partial charge in [-0.05, 0) is 11.1 Å². The summed E-state index contributed by atoms with van der Waals surface area (Å²) < 4.78 is 11.1. The number of nitrogens with zero attached hydrogens (tertiary/aromatic N) is 2. The zero-order valence-electron chi connectivity index (χ0n) is 10.7. The second-order valence-electron chi connectivity index (χ2n) is 4.21. The third-order valence-electron chi connectivity index (χ3n) is 3.12. The summed E-state index contributed by atoms with van der Waals surface area (Å²) in [5, 5.41) is 0. The van der Waals surface area contributed by atoms with Crippen LogP contribution in [0, 0.1) is 13.1 Å². The quantitative estimate of drug-likeness (QED) is 0.556. The van der Waals surface area contributed by atoms with Crippen LogP contribution in [-0.2, 0) is 4.57 Å². The molecule has 0 aliphatic heterocycles. The van der Waals surface area contributed by atoms with Gasteiger partial charge in [-0.15, -0.1) is 0 Å². The average Bonchev–Trinajstić information content (AvgIpc) is 2.52. The molecule has 4 heteroatoms. The normalized spacial score (nSPS) is 10.2. The highest BCUT2D eigenvalue weighted by atomic mass is 31.1. The maximum Gasteiger partial charge on any atom is 0.190 e. The fraction of sp³-hybridized carbons (Fsp3) is 0.125. The maximum atomic E-state index is 11.1. The number of hydrogen-bond acceptors (Lipinski definition) is 1. The fourth-order valence-electron chi connectivity index (χ4n) is 2.21. The Kier molecular flexibility index (Phi) is 4.61. The van der Waals surface area contributed by atoms with Gasteiger partial charge in [0.2, 0.25) is 0 Å². The smallest absolute Gasteiger partial charge is 0.190 e. The lowest BCUT2D eigenvalue weighted by atomic mass is 9.90. The van der Waals surface area contributed by atoms with Gasteiger partial charge in [0.25, 0.3) is 0 Å². The topological polar surface area (TPSA) is 25.8 Å². The summed E-state index contributed by atoms with van der Waals surface area (Å²) in [6.07, 6.45) is 0.360. The molecule has 0 N–H and O–H groups in total. The van der Waals surface area contributed by atoms with Gasteiger partial charge in [0.1, 0.15) is 0 Å². The van der Waals surface area contributed by atoms with Crippen molar-refractivity contribution in [3.63, 3.8) is 0 Å². The first-order valence-corrected chi connectivity index (χ1v) is 7.03. The van der Waals surface area contributed by atoms with Gasteiger partial charge in [0, 0.05) is 12.1 Å². The van der Waals surface area contributed by atoms with Gasteiger partial charge >= 0.3 is 0 Å². The highest BCUT2D eigenvalue weighted by molar-refractivity contribution is 7.23. The molecule has 0 heterocycles. The predicted molar refractivity (Wildman–Crippen MR) is 79.7 cm³/mol. The lowest BCUT2D eigenvalue weighted by molar-refractivity contribution is 0.597. The first-order chi connectivity index (χ1) is 9.81. The van der Waals surface area contributed by atoms with Crippen molar-refractivity contribution in [2.75, 3.05) is 6.16 Å². The Balaban J connectivity index is 2.61. The summed E-state index contributed by atoms with van der Waals surface area (Å²) in [6, 6.07) is 14.6.